The first-order valence-corrected chi connectivity index (χ1v) is 7.12. The molecular weight excluding hydrogens is 278 g/mol. The first kappa shape index (κ1) is 14.9. The van der Waals surface area contributed by atoms with Crippen molar-refractivity contribution < 1.29 is 14.7 Å². The molecule has 1 saturated heterocycles. The van der Waals surface area contributed by atoms with Crippen LogP contribution >= 0.6 is 11.6 Å². The molecule has 0 saturated carbocycles. The van der Waals surface area contributed by atoms with Crippen LogP contribution in [-0.4, -0.2) is 35.0 Å². The molecule has 1 heterocycles. The number of carboxylic acids is 1. The third-order valence-corrected chi connectivity index (χ3v) is 4.03. The number of carbonyl (C=O) groups is 2. The van der Waals surface area contributed by atoms with Crippen LogP contribution in [0, 0.1) is 12.8 Å². The summed E-state index contributed by atoms with van der Waals surface area (Å²) >= 11 is 6.12. The van der Waals surface area contributed by atoms with Crippen molar-refractivity contribution in [1.29, 1.82) is 0 Å². The summed E-state index contributed by atoms with van der Waals surface area (Å²) in [4.78, 5) is 24.8. The number of hydrogen-bond donors (Lipinski definition) is 1. The molecule has 108 valence electrons. The van der Waals surface area contributed by atoms with E-state index in [4.69, 9.17) is 16.7 Å². The molecule has 1 N–H and O–H groups in total. The summed E-state index contributed by atoms with van der Waals surface area (Å²) in [5.41, 5.74) is 1.54. The standard InChI is InChI=1S/C15H18ClNO3/c1-10-2-3-12(13(16)8-10)15(20)17-6-4-11(5-7-17)9-14(18)19/h2-3,8,11H,4-7,9H2,1H3,(H,18,19). The van der Waals surface area contributed by atoms with Gasteiger partial charge in [-0.05, 0) is 43.4 Å². The number of benzene rings is 1. The van der Waals surface area contributed by atoms with Crippen LogP contribution in [-0.2, 0) is 4.79 Å². The van der Waals surface area contributed by atoms with Gasteiger partial charge in [0.1, 0.15) is 0 Å². The minimum atomic E-state index is -0.767. The Kier molecular flexibility index (Phi) is 4.65. The molecular formula is C15H18ClNO3. The second-order valence-corrected chi connectivity index (χ2v) is 5.72. The number of hydrogen-bond acceptors (Lipinski definition) is 2. The van der Waals surface area contributed by atoms with Gasteiger partial charge in [0.05, 0.1) is 10.6 Å². The van der Waals surface area contributed by atoms with E-state index in [1.54, 1.807) is 17.0 Å². The molecule has 20 heavy (non-hydrogen) atoms. The molecule has 1 aromatic rings. The van der Waals surface area contributed by atoms with Crippen molar-refractivity contribution >= 4 is 23.5 Å². The van der Waals surface area contributed by atoms with Gasteiger partial charge < -0.3 is 10.0 Å². The summed E-state index contributed by atoms with van der Waals surface area (Å²) in [7, 11) is 0. The number of rotatable bonds is 3. The maximum absolute atomic E-state index is 12.4. The molecule has 0 radical (unpaired) electrons. The van der Waals surface area contributed by atoms with Crippen molar-refractivity contribution in [3.8, 4) is 0 Å². The van der Waals surface area contributed by atoms with Crippen molar-refractivity contribution in [2.24, 2.45) is 5.92 Å². The lowest BCUT2D eigenvalue weighted by atomic mass is 9.93. The fourth-order valence-corrected chi connectivity index (χ4v) is 2.87. The molecule has 5 heteroatoms. The molecule has 4 nitrogen and oxygen atoms in total. The van der Waals surface area contributed by atoms with Crippen LogP contribution in [0.1, 0.15) is 35.2 Å². The van der Waals surface area contributed by atoms with Crippen molar-refractivity contribution in [3.63, 3.8) is 0 Å². The van der Waals surface area contributed by atoms with E-state index < -0.39 is 5.97 Å². The average molecular weight is 296 g/mol. The molecule has 1 aliphatic rings. The molecule has 0 aliphatic carbocycles. The van der Waals surface area contributed by atoms with E-state index in [0.717, 1.165) is 18.4 Å². The van der Waals surface area contributed by atoms with E-state index in [2.05, 4.69) is 0 Å². The zero-order chi connectivity index (χ0) is 14.7. The monoisotopic (exact) mass is 295 g/mol. The van der Waals surface area contributed by atoms with Gasteiger partial charge in [-0.3, -0.25) is 9.59 Å². The Morgan fingerprint density at radius 1 is 1.35 bits per heavy atom. The lowest BCUT2D eigenvalue weighted by Gasteiger charge is -2.31. The third kappa shape index (κ3) is 3.51. The maximum Gasteiger partial charge on any atom is 0.303 e. The lowest BCUT2D eigenvalue weighted by molar-refractivity contribution is -0.138. The second-order valence-electron chi connectivity index (χ2n) is 5.32. The highest BCUT2D eigenvalue weighted by atomic mass is 35.5. The first-order valence-electron chi connectivity index (χ1n) is 6.74. The molecule has 0 bridgehead atoms. The SMILES string of the molecule is Cc1ccc(C(=O)N2CCC(CC(=O)O)CC2)c(Cl)c1. The summed E-state index contributed by atoms with van der Waals surface area (Å²) in [6, 6.07) is 5.41. The quantitative estimate of drug-likeness (QED) is 0.932. The summed E-state index contributed by atoms with van der Waals surface area (Å²) in [5.74, 6) is -0.662. The molecule has 0 aromatic heterocycles. The molecule has 1 fully saturated rings. The van der Waals surface area contributed by atoms with Gasteiger partial charge in [-0.15, -0.1) is 0 Å². The number of carboxylic acid groups (broad SMARTS) is 1. The predicted octanol–water partition coefficient (Wildman–Crippen LogP) is 2.98. The molecule has 1 aromatic carbocycles. The second kappa shape index (κ2) is 6.27. The molecule has 0 unspecified atom stereocenters. The van der Waals surface area contributed by atoms with Crippen molar-refractivity contribution in [1.82, 2.24) is 4.90 Å². The zero-order valence-electron chi connectivity index (χ0n) is 11.4. The van der Waals surface area contributed by atoms with Crippen LogP contribution < -0.4 is 0 Å². The van der Waals surface area contributed by atoms with Crippen LogP contribution in [0.15, 0.2) is 18.2 Å². The van der Waals surface area contributed by atoms with Gasteiger partial charge in [0.15, 0.2) is 0 Å². The van der Waals surface area contributed by atoms with Gasteiger partial charge in [-0.2, -0.15) is 0 Å². The molecule has 0 spiro atoms. The van der Waals surface area contributed by atoms with E-state index in [0.29, 0.717) is 23.7 Å². The minimum Gasteiger partial charge on any atom is -0.481 e. The highest BCUT2D eigenvalue weighted by Crippen LogP contribution is 2.24. The zero-order valence-corrected chi connectivity index (χ0v) is 12.2. The van der Waals surface area contributed by atoms with Gasteiger partial charge in [0.25, 0.3) is 5.91 Å². The summed E-state index contributed by atoms with van der Waals surface area (Å²) < 4.78 is 0. The Balaban J connectivity index is 1.99. The highest BCUT2D eigenvalue weighted by molar-refractivity contribution is 6.33. The number of aryl methyl sites for hydroxylation is 1. The van der Waals surface area contributed by atoms with Crippen LogP contribution in [0.3, 0.4) is 0 Å². The summed E-state index contributed by atoms with van der Waals surface area (Å²) in [5, 5.41) is 9.26. The van der Waals surface area contributed by atoms with E-state index in [-0.39, 0.29) is 18.2 Å². The number of piperidine rings is 1. The largest absolute Gasteiger partial charge is 0.481 e. The number of nitrogens with zero attached hydrogens (tertiary/aromatic N) is 1. The van der Waals surface area contributed by atoms with Crippen LogP contribution in [0.25, 0.3) is 0 Å². The topological polar surface area (TPSA) is 57.6 Å². The van der Waals surface area contributed by atoms with Gasteiger partial charge in [0, 0.05) is 19.5 Å². The fraction of sp³-hybridized carbons (Fsp3) is 0.467. The minimum absolute atomic E-state index is 0.0659. The summed E-state index contributed by atoms with van der Waals surface area (Å²) in [6.45, 7) is 3.12. The average Bonchev–Trinajstić information content (AvgIpc) is 2.38. The molecule has 2 rings (SSSR count). The Hall–Kier alpha value is -1.55. The predicted molar refractivity (Wildman–Crippen MR) is 77.1 cm³/mol. The van der Waals surface area contributed by atoms with Crippen molar-refractivity contribution in [2.75, 3.05) is 13.1 Å². The molecule has 0 atom stereocenters. The smallest absolute Gasteiger partial charge is 0.303 e. The third-order valence-electron chi connectivity index (χ3n) is 3.72. The van der Waals surface area contributed by atoms with Gasteiger partial charge >= 0.3 is 5.97 Å². The van der Waals surface area contributed by atoms with Gasteiger partial charge in [-0.25, -0.2) is 0 Å². The maximum atomic E-state index is 12.4. The lowest BCUT2D eigenvalue weighted by Crippen LogP contribution is -2.39. The molecule has 1 amide bonds. The van der Waals surface area contributed by atoms with Crippen molar-refractivity contribution in [2.45, 2.75) is 26.2 Å². The Bertz CT molecular complexity index is 522. The van der Waals surface area contributed by atoms with Gasteiger partial charge in [0.2, 0.25) is 0 Å². The first-order chi connectivity index (χ1) is 9.47. The highest BCUT2D eigenvalue weighted by Gasteiger charge is 2.25. The Morgan fingerprint density at radius 2 is 2.00 bits per heavy atom. The van der Waals surface area contributed by atoms with Gasteiger partial charge in [-0.1, -0.05) is 17.7 Å². The fourth-order valence-electron chi connectivity index (χ4n) is 2.55. The number of halogens is 1. The van der Waals surface area contributed by atoms with E-state index in [1.807, 2.05) is 13.0 Å². The number of aliphatic carboxylic acids is 1. The normalized spacial score (nSPS) is 16.2. The number of likely N-dealkylation sites (tertiary alicyclic amines) is 1. The Morgan fingerprint density at radius 3 is 2.55 bits per heavy atom. The number of carbonyl (C=O) groups excluding carboxylic acids is 1. The van der Waals surface area contributed by atoms with E-state index >= 15 is 0 Å². The van der Waals surface area contributed by atoms with E-state index in [9.17, 15) is 9.59 Å². The number of amides is 1. The summed E-state index contributed by atoms with van der Waals surface area (Å²) in [6.07, 6.45) is 1.66. The Labute approximate surface area is 123 Å². The van der Waals surface area contributed by atoms with Crippen LogP contribution in [0.5, 0.6) is 0 Å². The van der Waals surface area contributed by atoms with E-state index in [1.165, 1.54) is 0 Å². The van der Waals surface area contributed by atoms with Crippen LogP contribution in [0.4, 0.5) is 0 Å². The molecule has 1 aliphatic heterocycles. The van der Waals surface area contributed by atoms with Crippen LogP contribution in [0.2, 0.25) is 5.02 Å². The van der Waals surface area contributed by atoms with Crippen molar-refractivity contribution in [3.05, 3.63) is 34.3 Å².